The number of nitrogens with one attached hydrogen (secondary N) is 1. The minimum absolute atomic E-state index is 0.0223. The van der Waals surface area contributed by atoms with E-state index in [1.165, 1.54) is 6.42 Å². The first-order valence-corrected chi connectivity index (χ1v) is 13.4. The Balaban J connectivity index is 1.56. The molecule has 0 unspecified atom stereocenters. The average molecular weight is 502 g/mol. The Bertz CT molecular complexity index is 1240. The minimum Gasteiger partial charge on any atom is -0.504 e. The lowest BCUT2D eigenvalue weighted by atomic mass is 9.71. The third kappa shape index (κ3) is 5.15. The smallest absolute Gasteiger partial charge is 0.337 e. The van der Waals surface area contributed by atoms with Crippen LogP contribution in [0.3, 0.4) is 0 Å². The maximum Gasteiger partial charge on any atom is 0.337 e. The molecule has 1 saturated carbocycles. The summed E-state index contributed by atoms with van der Waals surface area (Å²) in [4.78, 5) is 27.5. The number of rotatable bonds is 6. The number of Topliss-reactive ketones (excluding diaryl/α,β-unsaturated/α-hetero) is 1. The Kier molecular flexibility index (Phi) is 7.36. The molecule has 0 aromatic heterocycles. The minimum atomic E-state index is -0.587. The van der Waals surface area contributed by atoms with E-state index in [9.17, 15) is 14.7 Å². The van der Waals surface area contributed by atoms with E-state index in [2.05, 4.69) is 17.4 Å². The quantitative estimate of drug-likeness (QED) is 0.470. The SMILES string of the molecule is CCOc1cc([C@@H]2C(C(=O)OC3CCCCC3)=C(C)NC3=C2C(=O)C[C@@H](c2ccccc2)C3)ccc1O. The highest BCUT2D eigenvalue weighted by atomic mass is 16.5. The molecule has 1 aliphatic heterocycles. The summed E-state index contributed by atoms with van der Waals surface area (Å²) < 4.78 is 11.7. The summed E-state index contributed by atoms with van der Waals surface area (Å²) >= 11 is 0. The topological polar surface area (TPSA) is 84.9 Å². The van der Waals surface area contributed by atoms with Crippen LogP contribution in [0.25, 0.3) is 0 Å². The normalized spacial score (nSPS) is 22.4. The summed E-state index contributed by atoms with van der Waals surface area (Å²) in [5, 5.41) is 13.8. The van der Waals surface area contributed by atoms with Gasteiger partial charge in [0.15, 0.2) is 17.3 Å². The predicted octanol–water partition coefficient (Wildman–Crippen LogP) is 6.03. The van der Waals surface area contributed by atoms with Crippen LogP contribution >= 0.6 is 0 Å². The standard InChI is InChI=1S/C31H35NO5/c1-3-36-27-18-21(14-15-25(27)33)29-28(31(35)37-23-12-8-5-9-13-23)19(2)32-24-16-22(17-26(34)30(24)29)20-10-6-4-7-11-20/h4,6-7,10-11,14-15,18,22-23,29,32-33H,3,5,8-9,12-13,16-17H2,1-2H3/t22-,29+/m0/s1. The molecule has 0 saturated heterocycles. The first-order valence-electron chi connectivity index (χ1n) is 13.4. The number of phenols is 1. The Morgan fingerprint density at radius 1 is 1.03 bits per heavy atom. The van der Waals surface area contributed by atoms with Crippen molar-refractivity contribution in [3.63, 3.8) is 0 Å². The molecule has 194 valence electrons. The van der Waals surface area contributed by atoms with Gasteiger partial charge in [-0.2, -0.15) is 0 Å². The van der Waals surface area contributed by atoms with Crippen LogP contribution in [-0.4, -0.2) is 29.6 Å². The fraction of sp³-hybridized carbons (Fsp3) is 0.419. The van der Waals surface area contributed by atoms with Gasteiger partial charge in [0.1, 0.15) is 6.10 Å². The number of ketones is 1. The highest BCUT2D eigenvalue weighted by Crippen LogP contribution is 2.47. The summed E-state index contributed by atoms with van der Waals surface area (Å²) in [5.74, 6) is -0.505. The molecule has 2 atom stereocenters. The molecule has 5 rings (SSSR count). The van der Waals surface area contributed by atoms with Gasteiger partial charge >= 0.3 is 5.97 Å². The second-order valence-corrected chi connectivity index (χ2v) is 10.3. The van der Waals surface area contributed by atoms with Gasteiger partial charge < -0.3 is 19.9 Å². The Morgan fingerprint density at radius 3 is 2.51 bits per heavy atom. The van der Waals surface area contributed by atoms with E-state index in [0.717, 1.165) is 42.5 Å². The van der Waals surface area contributed by atoms with E-state index in [0.29, 0.717) is 42.0 Å². The van der Waals surface area contributed by atoms with Crippen molar-refractivity contribution >= 4 is 11.8 Å². The summed E-state index contributed by atoms with van der Waals surface area (Å²) in [6.07, 6.45) is 5.98. The van der Waals surface area contributed by atoms with Gasteiger partial charge in [-0.1, -0.05) is 42.8 Å². The van der Waals surface area contributed by atoms with Gasteiger partial charge in [0.25, 0.3) is 0 Å². The van der Waals surface area contributed by atoms with E-state index in [4.69, 9.17) is 9.47 Å². The number of aromatic hydroxyl groups is 1. The molecule has 1 fully saturated rings. The average Bonchev–Trinajstić information content (AvgIpc) is 2.90. The van der Waals surface area contributed by atoms with Gasteiger partial charge in [-0.25, -0.2) is 4.79 Å². The number of benzene rings is 2. The number of hydrogen-bond donors (Lipinski definition) is 2. The summed E-state index contributed by atoms with van der Waals surface area (Å²) in [6.45, 7) is 4.12. The number of carbonyl (C=O) groups is 2. The van der Waals surface area contributed by atoms with Crippen LogP contribution in [0.15, 0.2) is 71.1 Å². The molecule has 1 heterocycles. The zero-order chi connectivity index (χ0) is 25.9. The first-order chi connectivity index (χ1) is 18.0. The van der Waals surface area contributed by atoms with Crippen LogP contribution in [0.5, 0.6) is 11.5 Å². The third-order valence-electron chi connectivity index (χ3n) is 7.76. The number of dihydropyridines is 1. The van der Waals surface area contributed by atoms with Crippen LogP contribution in [0.4, 0.5) is 0 Å². The lowest BCUT2D eigenvalue weighted by Gasteiger charge is -2.37. The van der Waals surface area contributed by atoms with Crippen molar-refractivity contribution in [3.8, 4) is 11.5 Å². The monoisotopic (exact) mass is 501 g/mol. The maximum absolute atomic E-state index is 13.8. The first kappa shape index (κ1) is 25.1. The fourth-order valence-corrected chi connectivity index (χ4v) is 5.98. The van der Waals surface area contributed by atoms with Gasteiger partial charge in [-0.05, 0) is 75.1 Å². The number of esters is 1. The Hall–Kier alpha value is -3.54. The largest absolute Gasteiger partial charge is 0.504 e. The highest BCUT2D eigenvalue weighted by Gasteiger charge is 2.42. The molecule has 2 aromatic carbocycles. The number of phenolic OH excluding ortho intramolecular Hbond substituents is 1. The van der Waals surface area contributed by atoms with Crippen LogP contribution < -0.4 is 10.1 Å². The van der Waals surface area contributed by atoms with Crippen molar-refractivity contribution < 1.29 is 24.2 Å². The lowest BCUT2D eigenvalue weighted by molar-refractivity contribution is -0.146. The number of allylic oxidation sites excluding steroid dienone is 3. The summed E-state index contributed by atoms with van der Waals surface area (Å²) in [5.41, 5.74) is 4.50. The number of ether oxygens (including phenoxy) is 2. The molecule has 6 nitrogen and oxygen atoms in total. The lowest BCUT2D eigenvalue weighted by Crippen LogP contribution is -2.37. The zero-order valence-electron chi connectivity index (χ0n) is 21.6. The van der Waals surface area contributed by atoms with Crippen molar-refractivity contribution in [2.45, 2.75) is 76.7 Å². The molecule has 0 spiro atoms. The predicted molar refractivity (Wildman–Crippen MR) is 141 cm³/mol. The number of carbonyl (C=O) groups excluding carboxylic acids is 2. The zero-order valence-corrected chi connectivity index (χ0v) is 21.6. The summed E-state index contributed by atoms with van der Waals surface area (Å²) in [6, 6.07) is 15.2. The number of hydrogen-bond acceptors (Lipinski definition) is 6. The molecule has 0 amide bonds. The van der Waals surface area contributed by atoms with E-state index in [1.54, 1.807) is 18.2 Å². The van der Waals surface area contributed by atoms with Gasteiger partial charge in [0, 0.05) is 29.3 Å². The van der Waals surface area contributed by atoms with Crippen molar-refractivity contribution in [2.24, 2.45) is 0 Å². The van der Waals surface area contributed by atoms with E-state index < -0.39 is 5.92 Å². The maximum atomic E-state index is 13.8. The van der Waals surface area contributed by atoms with Crippen LogP contribution in [-0.2, 0) is 14.3 Å². The van der Waals surface area contributed by atoms with Crippen molar-refractivity contribution in [1.82, 2.24) is 5.32 Å². The van der Waals surface area contributed by atoms with Gasteiger partial charge in [0.2, 0.25) is 0 Å². The molecule has 2 aliphatic carbocycles. The second kappa shape index (κ2) is 10.8. The van der Waals surface area contributed by atoms with E-state index in [-0.39, 0.29) is 29.5 Å². The molecule has 37 heavy (non-hydrogen) atoms. The van der Waals surface area contributed by atoms with E-state index >= 15 is 0 Å². The third-order valence-corrected chi connectivity index (χ3v) is 7.76. The summed E-state index contributed by atoms with van der Waals surface area (Å²) in [7, 11) is 0. The Morgan fingerprint density at radius 2 is 1.78 bits per heavy atom. The fourth-order valence-electron chi connectivity index (χ4n) is 5.98. The van der Waals surface area contributed by atoms with Gasteiger partial charge in [0.05, 0.1) is 12.2 Å². The molecule has 3 aliphatic rings. The molecule has 6 heteroatoms. The highest BCUT2D eigenvalue weighted by molar-refractivity contribution is 6.04. The molecular weight excluding hydrogens is 466 g/mol. The molecule has 0 bridgehead atoms. The van der Waals surface area contributed by atoms with Crippen LogP contribution in [0.2, 0.25) is 0 Å². The van der Waals surface area contributed by atoms with Crippen molar-refractivity contribution in [3.05, 3.63) is 82.2 Å². The van der Waals surface area contributed by atoms with Crippen molar-refractivity contribution in [2.75, 3.05) is 6.61 Å². The van der Waals surface area contributed by atoms with Gasteiger partial charge in [-0.15, -0.1) is 0 Å². The molecule has 2 aromatic rings. The second-order valence-electron chi connectivity index (χ2n) is 10.3. The van der Waals surface area contributed by atoms with Gasteiger partial charge in [-0.3, -0.25) is 4.79 Å². The molecular formula is C31H35NO5. The Labute approximate surface area is 218 Å². The van der Waals surface area contributed by atoms with E-state index in [1.807, 2.05) is 32.0 Å². The molecule has 2 N–H and O–H groups in total. The molecule has 0 radical (unpaired) electrons. The van der Waals surface area contributed by atoms with Crippen LogP contribution in [0, 0.1) is 0 Å². The van der Waals surface area contributed by atoms with Crippen LogP contribution in [0.1, 0.15) is 81.8 Å². The van der Waals surface area contributed by atoms with Crippen molar-refractivity contribution in [1.29, 1.82) is 0 Å².